The number of rotatable bonds is 2. The molecule has 4 aliphatic carbocycles. The zero-order valence-electron chi connectivity index (χ0n) is 11.7. The molecular formula is C16H18O4. The van der Waals surface area contributed by atoms with E-state index in [2.05, 4.69) is 24.3 Å². The Bertz CT molecular complexity index is 485. The first-order valence-corrected chi connectivity index (χ1v) is 7.17. The molecule has 0 aliphatic heterocycles. The predicted molar refractivity (Wildman–Crippen MR) is 70.4 cm³/mol. The molecule has 0 aromatic heterocycles. The molecule has 0 aromatic carbocycles. The molecule has 2 saturated carbocycles. The van der Waals surface area contributed by atoms with Gasteiger partial charge in [0.25, 0.3) is 0 Å². The molecule has 4 nitrogen and oxygen atoms in total. The van der Waals surface area contributed by atoms with Crippen molar-refractivity contribution < 1.29 is 19.1 Å². The fraction of sp³-hybridized carbons (Fsp3) is 0.625. The Morgan fingerprint density at radius 2 is 1.10 bits per heavy atom. The van der Waals surface area contributed by atoms with Gasteiger partial charge in [-0.15, -0.1) is 0 Å². The summed E-state index contributed by atoms with van der Waals surface area (Å²) in [5.41, 5.74) is -1.48. The molecule has 4 bridgehead atoms. The summed E-state index contributed by atoms with van der Waals surface area (Å²) in [5.74, 6) is -0.0933. The van der Waals surface area contributed by atoms with Crippen molar-refractivity contribution in [1.29, 1.82) is 0 Å². The Morgan fingerprint density at radius 1 is 0.800 bits per heavy atom. The maximum absolute atomic E-state index is 12.7. The van der Waals surface area contributed by atoms with Gasteiger partial charge in [0, 0.05) is 0 Å². The minimum atomic E-state index is -0.742. The van der Waals surface area contributed by atoms with Crippen molar-refractivity contribution >= 4 is 11.9 Å². The summed E-state index contributed by atoms with van der Waals surface area (Å²) in [7, 11) is 2.84. The standard InChI is InChI=1S/C16H18O4/c1-19-13(17)15-9-3-5-11(7-9)16(15,14(18)20-2)12-6-4-10(15)8-12/h3-6,9-12H,7-8H2,1-2H3. The lowest BCUT2D eigenvalue weighted by Crippen LogP contribution is -2.58. The summed E-state index contributed by atoms with van der Waals surface area (Å²) in [6.07, 6.45) is 10.2. The van der Waals surface area contributed by atoms with Crippen molar-refractivity contribution in [2.45, 2.75) is 12.8 Å². The SMILES string of the molecule is COC(=O)C12C3C=CC(C3)C1(C(=O)OC)C1C=CC2C1. The predicted octanol–water partition coefficient (Wildman–Crippen LogP) is 1.72. The molecule has 0 amide bonds. The summed E-state index contributed by atoms with van der Waals surface area (Å²) >= 11 is 0. The van der Waals surface area contributed by atoms with Crippen LogP contribution in [0.2, 0.25) is 0 Å². The molecule has 0 N–H and O–H groups in total. The van der Waals surface area contributed by atoms with Gasteiger partial charge in [0.1, 0.15) is 0 Å². The van der Waals surface area contributed by atoms with Crippen LogP contribution in [0, 0.1) is 34.5 Å². The average molecular weight is 274 g/mol. The van der Waals surface area contributed by atoms with Crippen molar-refractivity contribution in [3.63, 3.8) is 0 Å². The van der Waals surface area contributed by atoms with Crippen LogP contribution in [0.3, 0.4) is 0 Å². The molecule has 4 heteroatoms. The van der Waals surface area contributed by atoms with Gasteiger partial charge in [0.15, 0.2) is 0 Å². The summed E-state index contributed by atoms with van der Waals surface area (Å²) in [6.45, 7) is 0. The lowest BCUT2D eigenvalue weighted by Gasteiger charge is -2.48. The molecule has 4 rings (SSSR count). The fourth-order valence-corrected chi connectivity index (χ4v) is 5.81. The first-order chi connectivity index (χ1) is 9.63. The number of hydrogen-bond acceptors (Lipinski definition) is 4. The van der Waals surface area contributed by atoms with E-state index in [1.165, 1.54) is 14.2 Å². The smallest absolute Gasteiger partial charge is 0.314 e. The van der Waals surface area contributed by atoms with Gasteiger partial charge >= 0.3 is 11.9 Å². The van der Waals surface area contributed by atoms with E-state index in [0.717, 1.165) is 12.8 Å². The van der Waals surface area contributed by atoms with Crippen molar-refractivity contribution in [1.82, 2.24) is 0 Å². The minimum Gasteiger partial charge on any atom is -0.469 e. The van der Waals surface area contributed by atoms with E-state index in [-0.39, 0.29) is 35.6 Å². The second-order valence-corrected chi connectivity index (χ2v) is 6.39. The van der Waals surface area contributed by atoms with Gasteiger partial charge < -0.3 is 9.47 Å². The van der Waals surface area contributed by atoms with E-state index in [1.54, 1.807) is 0 Å². The Labute approximate surface area is 117 Å². The van der Waals surface area contributed by atoms with Gasteiger partial charge in [-0.25, -0.2) is 0 Å². The molecule has 20 heavy (non-hydrogen) atoms. The summed E-state index contributed by atoms with van der Waals surface area (Å²) in [4.78, 5) is 25.5. The number of allylic oxidation sites excluding steroid dienone is 4. The highest BCUT2D eigenvalue weighted by Gasteiger charge is 2.82. The van der Waals surface area contributed by atoms with Crippen molar-refractivity contribution in [2.75, 3.05) is 14.2 Å². The molecule has 0 saturated heterocycles. The molecule has 0 aromatic rings. The van der Waals surface area contributed by atoms with E-state index >= 15 is 0 Å². The maximum Gasteiger partial charge on any atom is 0.314 e. The Morgan fingerprint density at radius 3 is 1.35 bits per heavy atom. The van der Waals surface area contributed by atoms with Crippen LogP contribution in [0.5, 0.6) is 0 Å². The fourth-order valence-electron chi connectivity index (χ4n) is 5.81. The zero-order valence-corrected chi connectivity index (χ0v) is 11.7. The summed E-state index contributed by atoms with van der Waals surface area (Å²) in [6, 6.07) is 0. The van der Waals surface area contributed by atoms with Gasteiger partial charge in [0.2, 0.25) is 0 Å². The van der Waals surface area contributed by atoms with Crippen LogP contribution in [-0.2, 0) is 19.1 Å². The van der Waals surface area contributed by atoms with Crippen molar-refractivity contribution in [3.8, 4) is 0 Å². The van der Waals surface area contributed by atoms with E-state index in [1.807, 2.05) is 0 Å². The summed E-state index contributed by atoms with van der Waals surface area (Å²) < 4.78 is 10.3. The second-order valence-electron chi connectivity index (χ2n) is 6.39. The van der Waals surface area contributed by atoms with Crippen molar-refractivity contribution in [3.05, 3.63) is 24.3 Å². The van der Waals surface area contributed by atoms with Gasteiger partial charge in [-0.2, -0.15) is 0 Å². The van der Waals surface area contributed by atoms with E-state index < -0.39 is 10.8 Å². The molecule has 2 fully saturated rings. The highest BCUT2D eigenvalue weighted by Crippen LogP contribution is 2.77. The van der Waals surface area contributed by atoms with Crippen LogP contribution < -0.4 is 0 Å². The number of methoxy groups -OCH3 is 2. The van der Waals surface area contributed by atoms with Crippen LogP contribution in [-0.4, -0.2) is 26.2 Å². The van der Waals surface area contributed by atoms with E-state index in [0.29, 0.717) is 0 Å². The van der Waals surface area contributed by atoms with E-state index in [4.69, 9.17) is 9.47 Å². The lowest BCUT2D eigenvalue weighted by atomic mass is 9.53. The first kappa shape index (κ1) is 12.2. The second kappa shape index (κ2) is 3.54. The Kier molecular flexibility index (Phi) is 2.16. The first-order valence-electron chi connectivity index (χ1n) is 7.17. The molecule has 4 aliphatic rings. The number of fused-ring (bicyclic) bond motifs is 9. The van der Waals surface area contributed by atoms with Crippen LogP contribution in [0.15, 0.2) is 24.3 Å². The third-order valence-electron chi connectivity index (χ3n) is 6.24. The highest BCUT2D eigenvalue weighted by atomic mass is 16.5. The monoisotopic (exact) mass is 274 g/mol. The third-order valence-corrected chi connectivity index (χ3v) is 6.24. The zero-order chi connectivity index (χ0) is 14.1. The number of carbonyl (C=O) groups is 2. The van der Waals surface area contributed by atoms with Gasteiger partial charge in [-0.1, -0.05) is 24.3 Å². The van der Waals surface area contributed by atoms with Gasteiger partial charge in [0.05, 0.1) is 25.0 Å². The van der Waals surface area contributed by atoms with Crippen LogP contribution >= 0.6 is 0 Å². The van der Waals surface area contributed by atoms with Crippen LogP contribution in [0.25, 0.3) is 0 Å². The molecule has 0 spiro atoms. The molecule has 4 unspecified atom stereocenters. The number of ether oxygens (including phenoxy) is 2. The molecule has 0 heterocycles. The molecule has 4 atom stereocenters. The number of esters is 2. The molecule has 0 radical (unpaired) electrons. The lowest BCUT2D eigenvalue weighted by molar-refractivity contribution is -0.182. The molecule has 106 valence electrons. The van der Waals surface area contributed by atoms with Crippen LogP contribution in [0.1, 0.15) is 12.8 Å². The number of hydrogen-bond donors (Lipinski definition) is 0. The van der Waals surface area contributed by atoms with E-state index in [9.17, 15) is 9.59 Å². The third kappa shape index (κ3) is 0.912. The molecular weight excluding hydrogens is 256 g/mol. The summed E-state index contributed by atoms with van der Waals surface area (Å²) in [5, 5.41) is 0. The van der Waals surface area contributed by atoms with Gasteiger partial charge in [-0.05, 0) is 36.5 Å². The minimum absolute atomic E-state index is 0.0963. The normalized spacial score (nSPS) is 49.5. The van der Waals surface area contributed by atoms with Crippen molar-refractivity contribution in [2.24, 2.45) is 34.5 Å². The quantitative estimate of drug-likeness (QED) is 0.437. The average Bonchev–Trinajstić information content (AvgIpc) is 3.21. The van der Waals surface area contributed by atoms with Crippen LogP contribution in [0.4, 0.5) is 0 Å². The topological polar surface area (TPSA) is 52.6 Å². The Balaban J connectivity index is 2.01. The van der Waals surface area contributed by atoms with Gasteiger partial charge in [-0.3, -0.25) is 9.59 Å². The Hall–Kier alpha value is -1.58. The maximum atomic E-state index is 12.7. The number of carbonyl (C=O) groups excluding carboxylic acids is 2. The highest BCUT2D eigenvalue weighted by molar-refractivity contribution is 5.93. The largest absolute Gasteiger partial charge is 0.469 e.